The number of ether oxygens (including phenoxy) is 1. The van der Waals surface area contributed by atoms with E-state index < -0.39 is 0 Å². The molecule has 1 aromatic heterocycles. The van der Waals surface area contributed by atoms with Gasteiger partial charge in [-0.15, -0.1) is 0 Å². The highest BCUT2D eigenvalue weighted by atomic mass is 16.5. The minimum atomic E-state index is 0.0282. The van der Waals surface area contributed by atoms with Gasteiger partial charge in [0.15, 0.2) is 0 Å². The van der Waals surface area contributed by atoms with Crippen molar-refractivity contribution in [2.75, 3.05) is 6.61 Å². The maximum absolute atomic E-state index is 6.08. The van der Waals surface area contributed by atoms with Crippen molar-refractivity contribution in [2.45, 2.75) is 31.7 Å². The van der Waals surface area contributed by atoms with E-state index in [0.29, 0.717) is 0 Å². The van der Waals surface area contributed by atoms with Gasteiger partial charge in [0.2, 0.25) is 0 Å². The number of nitrogens with two attached hydrogens (primary N) is 1. The van der Waals surface area contributed by atoms with Crippen LogP contribution in [-0.2, 0) is 11.2 Å². The molecule has 1 unspecified atom stereocenters. The van der Waals surface area contributed by atoms with Crippen molar-refractivity contribution in [2.24, 2.45) is 5.73 Å². The second kappa shape index (κ2) is 5.66. The first-order valence-corrected chi connectivity index (χ1v) is 5.83. The Kier molecular flexibility index (Phi) is 3.94. The summed E-state index contributed by atoms with van der Waals surface area (Å²) in [4.78, 5) is 4.09. The fraction of sp³-hybridized carbons (Fsp3) is 0.462. The van der Waals surface area contributed by atoms with Crippen molar-refractivity contribution in [1.29, 1.82) is 0 Å². The van der Waals surface area contributed by atoms with Crippen LogP contribution in [0.15, 0.2) is 36.4 Å². The van der Waals surface area contributed by atoms with E-state index in [1.807, 2.05) is 12.3 Å². The van der Waals surface area contributed by atoms with Gasteiger partial charge in [-0.3, -0.25) is 4.98 Å². The minimum absolute atomic E-state index is 0.0282. The fourth-order valence-corrected chi connectivity index (χ4v) is 1.85. The molecule has 0 saturated heterocycles. The second-order valence-corrected chi connectivity index (χ2v) is 4.10. The molecular formula is C13H18N2O. The van der Waals surface area contributed by atoms with Crippen LogP contribution in [0.1, 0.15) is 24.8 Å². The van der Waals surface area contributed by atoms with Crippen LogP contribution >= 0.6 is 0 Å². The molecule has 1 atom stereocenters. The van der Waals surface area contributed by atoms with Crippen molar-refractivity contribution in [3.63, 3.8) is 0 Å². The first-order valence-electron chi connectivity index (χ1n) is 5.83. The lowest BCUT2D eigenvalue weighted by Crippen LogP contribution is -2.26. The van der Waals surface area contributed by atoms with Crippen LogP contribution in [0.5, 0.6) is 0 Å². The molecule has 1 aliphatic heterocycles. The topological polar surface area (TPSA) is 48.1 Å². The largest absolute Gasteiger partial charge is 0.497 e. The zero-order valence-electron chi connectivity index (χ0n) is 9.43. The number of aromatic nitrogens is 1. The average molecular weight is 218 g/mol. The van der Waals surface area contributed by atoms with Crippen LogP contribution in [0.3, 0.4) is 0 Å². The number of nitrogens with zero attached hydrogens (tertiary/aromatic N) is 1. The minimum Gasteiger partial charge on any atom is -0.497 e. The fourth-order valence-electron chi connectivity index (χ4n) is 1.85. The van der Waals surface area contributed by atoms with Gasteiger partial charge in [-0.05, 0) is 43.4 Å². The molecule has 86 valence electrons. The number of aryl methyl sites for hydroxylation is 1. The maximum Gasteiger partial charge on any atom is 0.109 e. The van der Waals surface area contributed by atoms with Gasteiger partial charge in [-0.1, -0.05) is 6.07 Å². The van der Waals surface area contributed by atoms with E-state index >= 15 is 0 Å². The van der Waals surface area contributed by atoms with Crippen LogP contribution in [0.4, 0.5) is 0 Å². The van der Waals surface area contributed by atoms with E-state index in [-0.39, 0.29) is 6.04 Å². The Morgan fingerprint density at radius 3 is 3.12 bits per heavy atom. The van der Waals surface area contributed by atoms with E-state index in [4.69, 9.17) is 10.5 Å². The molecule has 3 heteroatoms. The number of allylic oxidation sites excluding steroid dienone is 1. The molecule has 2 N–H and O–H groups in total. The third-order valence-electron chi connectivity index (χ3n) is 2.79. The van der Waals surface area contributed by atoms with E-state index in [2.05, 4.69) is 17.1 Å². The molecule has 1 aliphatic rings. The molecule has 0 aliphatic carbocycles. The van der Waals surface area contributed by atoms with Crippen molar-refractivity contribution < 1.29 is 4.74 Å². The van der Waals surface area contributed by atoms with Gasteiger partial charge in [0, 0.05) is 12.4 Å². The first-order chi connectivity index (χ1) is 7.86. The lowest BCUT2D eigenvalue weighted by atomic mass is 10.0. The number of rotatable bonds is 4. The smallest absolute Gasteiger partial charge is 0.109 e. The van der Waals surface area contributed by atoms with Gasteiger partial charge in [-0.25, -0.2) is 0 Å². The van der Waals surface area contributed by atoms with Gasteiger partial charge >= 0.3 is 0 Å². The first kappa shape index (κ1) is 11.1. The number of hydrogen-bond donors (Lipinski definition) is 1. The van der Waals surface area contributed by atoms with Crippen LogP contribution in [0, 0.1) is 0 Å². The summed E-state index contributed by atoms with van der Waals surface area (Å²) in [5.41, 5.74) is 7.31. The highest BCUT2D eigenvalue weighted by Crippen LogP contribution is 2.15. The summed E-state index contributed by atoms with van der Waals surface area (Å²) in [5.74, 6) is 0.968. The predicted molar refractivity (Wildman–Crippen MR) is 63.8 cm³/mol. The van der Waals surface area contributed by atoms with Crippen molar-refractivity contribution in [3.05, 3.63) is 41.9 Å². The number of hydrogen-bond acceptors (Lipinski definition) is 3. The maximum atomic E-state index is 6.08. The number of pyridine rings is 1. The van der Waals surface area contributed by atoms with Crippen molar-refractivity contribution >= 4 is 0 Å². The monoisotopic (exact) mass is 218 g/mol. The molecule has 0 aromatic carbocycles. The summed E-state index contributed by atoms with van der Waals surface area (Å²) in [6.45, 7) is 0.812. The van der Waals surface area contributed by atoms with Gasteiger partial charge in [-0.2, -0.15) is 0 Å². The van der Waals surface area contributed by atoms with Gasteiger partial charge < -0.3 is 10.5 Å². The molecule has 0 spiro atoms. The molecule has 0 amide bonds. The van der Waals surface area contributed by atoms with Crippen molar-refractivity contribution in [1.82, 2.24) is 4.98 Å². The molecule has 1 aromatic rings. The molecule has 0 saturated carbocycles. The second-order valence-electron chi connectivity index (χ2n) is 4.10. The molecule has 0 fully saturated rings. The highest BCUT2D eigenvalue weighted by Gasteiger charge is 2.13. The summed E-state index contributed by atoms with van der Waals surface area (Å²) in [6.07, 6.45) is 9.87. The Balaban J connectivity index is 1.83. The summed E-state index contributed by atoms with van der Waals surface area (Å²) in [6, 6.07) is 4.06. The Morgan fingerprint density at radius 2 is 2.44 bits per heavy atom. The summed E-state index contributed by atoms with van der Waals surface area (Å²) < 4.78 is 5.55. The Morgan fingerprint density at radius 1 is 1.50 bits per heavy atom. The van der Waals surface area contributed by atoms with Crippen LogP contribution in [0.25, 0.3) is 0 Å². The molecule has 16 heavy (non-hydrogen) atoms. The van der Waals surface area contributed by atoms with Crippen LogP contribution in [-0.4, -0.2) is 17.6 Å². The lowest BCUT2D eigenvalue weighted by molar-refractivity contribution is 0.173. The third-order valence-corrected chi connectivity index (χ3v) is 2.79. The molecule has 0 radical (unpaired) electrons. The molecule has 0 bridgehead atoms. The Hall–Kier alpha value is -1.35. The Bertz CT molecular complexity index is 348. The van der Waals surface area contributed by atoms with Crippen molar-refractivity contribution in [3.8, 4) is 0 Å². The van der Waals surface area contributed by atoms with Crippen LogP contribution in [0.2, 0.25) is 0 Å². The third kappa shape index (κ3) is 3.07. The Labute approximate surface area is 96.3 Å². The lowest BCUT2D eigenvalue weighted by Gasteiger charge is -2.20. The highest BCUT2D eigenvalue weighted by molar-refractivity contribution is 5.11. The van der Waals surface area contributed by atoms with Gasteiger partial charge in [0.1, 0.15) is 5.76 Å². The normalized spacial score (nSPS) is 17.4. The summed E-state index contributed by atoms with van der Waals surface area (Å²) >= 11 is 0. The summed E-state index contributed by atoms with van der Waals surface area (Å²) in [7, 11) is 0. The van der Waals surface area contributed by atoms with E-state index in [0.717, 1.165) is 38.0 Å². The summed E-state index contributed by atoms with van der Waals surface area (Å²) in [5, 5.41) is 0. The molecule has 3 nitrogen and oxygen atoms in total. The zero-order valence-corrected chi connectivity index (χ0v) is 9.43. The standard InChI is InChI=1S/C13H18N2O/c14-12(13-5-1-2-9-16-13)7-6-11-4-3-8-15-10-11/h3-5,8,10,12H,1-2,6-7,9,14H2. The quantitative estimate of drug-likeness (QED) is 0.841. The molecule has 2 heterocycles. The SMILES string of the molecule is NC(CCc1cccnc1)C1=CCCCO1. The average Bonchev–Trinajstić information content (AvgIpc) is 2.38. The van der Waals surface area contributed by atoms with E-state index in [1.165, 1.54) is 5.56 Å². The van der Waals surface area contributed by atoms with Gasteiger partial charge in [0.05, 0.1) is 12.6 Å². The van der Waals surface area contributed by atoms with E-state index in [9.17, 15) is 0 Å². The van der Waals surface area contributed by atoms with Crippen LogP contribution < -0.4 is 5.73 Å². The van der Waals surface area contributed by atoms with Gasteiger partial charge in [0.25, 0.3) is 0 Å². The molecular weight excluding hydrogens is 200 g/mol. The zero-order chi connectivity index (χ0) is 11.2. The molecule has 2 rings (SSSR count). The van der Waals surface area contributed by atoms with E-state index in [1.54, 1.807) is 6.20 Å². The predicted octanol–water partition coefficient (Wildman–Crippen LogP) is 2.04.